The minimum Gasteiger partial charge on any atom is -0.497 e. The van der Waals surface area contributed by atoms with Crippen LogP contribution in [-0.4, -0.2) is 31.2 Å². The Kier molecular flexibility index (Phi) is 6.82. The predicted octanol–water partition coefficient (Wildman–Crippen LogP) is 2.43. The van der Waals surface area contributed by atoms with Crippen LogP contribution in [0.2, 0.25) is 0 Å². The first-order valence-corrected chi connectivity index (χ1v) is 10.8. The van der Waals surface area contributed by atoms with Crippen molar-refractivity contribution in [2.45, 2.75) is 4.99 Å². The fraction of sp³-hybridized carbons (Fsp3) is 0.0870. The minimum atomic E-state index is -4.52. The van der Waals surface area contributed by atoms with E-state index in [2.05, 4.69) is 9.98 Å². The van der Waals surface area contributed by atoms with Crippen LogP contribution in [0.3, 0.4) is 0 Å². The van der Waals surface area contributed by atoms with Crippen LogP contribution in [-0.2, 0) is 19.9 Å². The van der Waals surface area contributed by atoms with Gasteiger partial charge in [-0.1, -0.05) is 54.6 Å². The highest BCUT2D eigenvalue weighted by molar-refractivity contribution is 7.86. The first kappa shape index (κ1) is 22.9. The summed E-state index contributed by atoms with van der Waals surface area (Å²) < 4.78 is 38.1. The van der Waals surface area contributed by atoms with E-state index in [9.17, 15) is 17.8 Å². The van der Waals surface area contributed by atoms with Gasteiger partial charge in [0.15, 0.2) is 0 Å². The largest absolute Gasteiger partial charge is 0.497 e. The minimum absolute atomic E-state index is 0.314. The number of nitrogens with zero attached hydrogens (tertiary/aromatic N) is 2. The molecular weight excluding hydrogens is 432 g/mol. The van der Waals surface area contributed by atoms with E-state index in [1.54, 1.807) is 86.0 Å². The van der Waals surface area contributed by atoms with Gasteiger partial charge in [-0.2, -0.15) is 8.42 Å². The Morgan fingerprint density at radius 1 is 0.906 bits per heavy atom. The summed E-state index contributed by atoms with van der Waals surface area (Å²) >= 11 is 0. The molecule has 1 aliphatic rings. The zero-order valence-electron chi connectivity index (χ0n) is 17.0. The zero-order valence-corrected chi connectivity index (χ0v) is 17.8. The molecule has 0 fully saturated rings. The van der Waals surface area contributed by atoms with Crippen molar-refractivity contribution < 1.29 is 27.6 Å². The van der Waals surface area contributed by atoms with Crippen LogP contribution in [0.1, 0.15) is 11.1 Å². The third kappa shape index (κ3) is 5.08. The Balaban J connectivity index is 0.000000195. The van der Waals surface area contributed by atoms with E-state index in [4.69, 9.17) is 9.84 Å². The lowest BCUT2D eigenvalue weighted by molar-refractivity contribution is -0.131. The second kappa shape index (κ2) is 9.54. The van der Waals surface area contributed by atoms with Gasteiger partial charge in [-0.3, -0.25) is 4.55 Å². The van der Waals surface area contributed by atoms with E-state index < -0.39 is 21.1 Å². The second-order valence-electron chi connectivity index (χ2n) is 6.61. The second-order valence-corrected chi connectivity index (χ2v) is 8.13. The van der Waals surface area contributed by atoms with Crippen molar-refractivity contribution >= 4 is 22.2 Å². The molecule has 1 heterocycles. The summed E-state index contributed by atoms with van der Waals surface area (Å²) in [6.45, 7) is 0. The molecule has 0 atom stereocenters. The molecule has 0 saturated carbocycles. The number of carboxylic acids is 1. The van der Waals surface area contributed by atoms with E-state index in [-0.39, 0.29) is 0 Å². The number of benzene rings is 3. The van der Waals surface area contributed by atoms with Gasteiger partial charge in [0.1, 0.15) is 5.75 Å². The zero-order chi connectivity index (χ0) is 23.2. The summed E-state index contributed by atoms with van der Waals surface area (Å²) in [4.78, 5) is 16.4. The third-order valence-corrected chi connectivity index (χ3v) is 5.61. The van der Waals surface area contributed by atoms with Crippen molar-refractivity contribution in [3.8, 4) is 5.75 Å². The lowest BCUT2D eigenvalue weighted by Crippen LogP contribution is -2.31. The smallest absolute Gasteiger partial charge is 0.328 e. The number of para-hydroxylation sites is 2. The predicted molar refractivity (Wildman–Crippen MR) is 118 cm³/mol. The molecule has 8 nitrogen and oxygen atoms in total. The topological polar surface area (TPSA) is 126 Å². The summed E-state index contributed by atoms with van der Waals surface area (Å²) in [5.41, 5.74) is 1.15. The number of aliphatic carboxylic acids is 1. The molecule has 0 aromatic heterocycles. The summed E-state index contributed by atoms with van der Waals surface area (Å²) in [6, 6.07) is 22.2. The molecule has 164 valence electrons. The van der Waals surface area contributed by atoms with Crippen molar-refractivity contribution in [3.05, 3.63) is 107 Å². The highest BCUT2D eigenvalue weighted by Gasteiger charge is 2.46. The first-order valence-electron chi connectivity index (χ1n) is 9.37. The molecule has 32 heavy (non-hydrogen) atoms. The number of fused-ring (bicyclic) bond motifs is 1. The van der Waals surface area contributed by atoms with Crippen LogP contribution in [0.4, 0.5) is 0 Å². The van der Waals surface area contributed by atoms with E-state index in [0.29, 0.717) is 16.3 Å². The van der Waals surface area contributed by atoms with Gasteiger partial charge >= 0.3 is 21.1 Å². The molecule has 0 bridgehead atoms. The lowest BCUT2D eigenvalue weighted by Gasteiger charge is -2.19. The molecule has 2 N–H and O–H groups in total. The van der Waals surface area contributed by atoms with Crippen molar-refractivity contribution in [1.82, 2.24) is 0 Å². The fourth-order valence-corrected chi connectivity index (χ4v) is 3.80. The fourth-order valence-electron chi connectivity index (χ4n) is 2.94. The van der Waals surface area contributed by atoms with Crippen LogP contribution in [0, 0.1) is 0 Å². The van der Waals surface area contributed by atoms with Gasteiger partial charge in [0, 0.05) is 11.6 Å². The molecule has 9 heteroatoms. The molecule has 4 rings (SSSR count). The standard InChI is InChI=1S/C13H10N2O3S.C10H10O3/c16-19(17,18)13(10-6-2-1-3-7-10)14-11-8-4-5-9-12(11)15-13;1-13-9-5-2-8(3-6-9)4-7-10(11)12/h1-9H,(H,16,17,18);2-7H,1H3,(H,11,12). The van der Waals surface area contributed by atoms with Gasteiger partial charge in [0.25, 0.3) is 0 Å². The highest BCUT2D eigenvalue weighted by atomic mass is 32.2. The first-order chi connectivity index (χ1) is 15.2. The Morgan fingerprint density at radius 3 is 1.91 bits per heavy atom. The average molecular weight is 452 g/mol. The lowest BCUT2D eigenvalue weighted by atomic mass is 10.2. The maximum Gasteiger partial charge on any atom is 0.328 e. The SMILES string of the molecule is COc1ccc(C=CC(=O)O)cc1.O=S(=O)(O)C1(c2ccccc2)N=c2ccccc2=N1. The molecule has 0 radical (unpaired) electrons. The molecule has 3 aromatic rings. The van der Waals surface area contributed by atoms with Gasteiger partial charge in [-0.25, -0.2) is 14.8 Å². The van der Waals surface area contributed by atoms with Crippen LogP contribution < -0.4 is 15.5 Å². The van der Waals surface area contributed by atoms with Crippen LogP contribution >= 0.6 is 0 Å². The van der Waals surface area contributed by atoms with Crippen molar-refractivity contribution in [3.63, 3.8) is 0 Å². The van der Waals surface area contributed by atoms with Crippen molar-refractivity contribution in [1.29, 1.82) is 0 Å². The molecule has 0 aliphatic carbocycles. The normalized spacial score (nSPS) is 13.8. The van der Waals surface area contributed by atoms with Crippen LogP contribution in [0.5, 0.6) is 5.75 Å². The average Bonchev–Trinajstić information content (AvgIpc) is 3.20. The molecule has 0 spiro atoms. The maximum absolute atomic E-state index is 11.8. The quantitative estimate of drug-likeness (QED) is 0.452. The van der Waals surface area contributed by atoms with E-state index >= 15 is 0 Å². The van der Waals surface area contributed by atoms with E-state index in [1.165, 1.54) is 6.08 Å². The van der Waals surface area contributed by atoms with E-state index in [0.717, 1.165) is 17.4 Å². The Morgan fingerprint density at radius 2 is 1.44 bits per heavy atom. The molecule has 0 unspecified atom stereocenters. The number of rotatable bonds is 5. The van der Waals surface area contributed by atoms with Crippen molar-refractivity contribution in [2.24, 2.45) is 9.98 Å². The van der Waals surface area contributed by atoms with Crippen LogP contribution in [0.25, 0.3) is 6.08 Å². The summed E-state index contributed by atoms with van der Waals surface area (Å²) in [5.74, 6) is -0.191. The Labute approximate surface area is 184 Å². The van der Waals surface area contributed by atoms with Gasteiger partial charge in [0.2, 0.25) is 0 Å². The Bertz CT molecular complexity index is 1320. The number of ether oxygens (including phenoxy) is 1. The van der Waals surface area contributed by atoms with Gasteiger partial charge < -0.3 is 9.84 Å². The summed E-state index contributed by atoms with van der Waals surface area (Å²) in [6.07, 6.45) is 2.63. The van der Waals surface area contributed by atoms with Crippen LogP contribution in [0.15, 0.2) is 94.9 Å². The number of carboxylic acid groups (broad SMARTS) is 1. The molecule has 0 amide bonds. The summed E-state index contributed by atoms with van der Waals surface area (Å²) in [7, 11) is -2.93. The highest BCUT2D eigenvalue weighted by Crippen LogP contribution is 2.33. The van der Waals surface area contributed by atoms with Gasteiger partial charge in [-0.15, -0.1) is 0 Å². The summed E-state index contributed by atoms with van der Waals surface area (Å²) in [5, 5.41) is 9.26. The number of hydrogen-bond donors (Lipinski definition) is 2. The number of carbonyl (C=O) groups is 1. The molecule has 0 saturated heterocycles. The maximum atomic E-state index is 11.8. The molecular formula is C23H20N2O6S. The Hall–Kier alpha value is -3.82. The number of methoxy groups -OCH3 is 1. The van der Waals surface area contributed by atoms with Gasteiger partial charge in [-0.05, 0) is 35.9 Å². The third-order valence-electron chi connectivity index (χ3n) is 4.47. The van der Waals surface area contributed by atoms with Gasteiger partial charge in [0.05, 0.1) is 17.8 Å². The monoisotopic (exact) mass is 452 g/mol. The van der Waals surface area contributed by atoms with Crippen molar-refractivity contribution in [2.75, 3.05) is 7.11 Å². The number of hydrogen-bond acceptors (Lipinski definition) is 6. The molecule has 3 aromatic carbocycles. The van der Waals surface area contributed by atoms with E-state index in [1.807, 2.05) is 0 Å². The molecule has 1 aliphatic heterocycles.